The molecule has 5 rings (SSSR count). The van der Waals surface area contributed by atoms with Crippen LogP contribution in [0.4, 0.5) is 0 Å². The summed E-state index contributed by atoms with van der Waals surface area (Å²) in [5, 5.41) is 0. The zero-order chi connectivity index (χ0) is 22.9. The van der Waals surface area contributed by atoms with Gasteiger partial charge in [0, 0.05) is 51.7 Å². The van der Waals surface area contributed by atoms with Crippen LogP contribution in [0.2, 0.25) is 0 Å². The molecule has 0 unspecified atom stereocenters. The fourth-order valence-electron chi connectivity index (χ4n) is 4.42. The number of rotatable bonds is 6. The Kier molecular flexibility index (Phi) is 5.74. The van der Waals surface area contributed by atoms with E-state index in [-0.39, 0.29) is 17.8 Å². The van der Waals surface area contributed by atoms with Gasteiger partial charge >= 0.3 is 5.69 Å². The van der Waals surface area contributed by atoms with Crippen LogP contribution < -0.4 is 11.2 Å². The summed E-state index contributed by atoms with van der Waals surface area (Å²) in [5.74, 6) is 0.681. The van der Waals surface area contributed by atoms with Crippen LogP contribution in [-0.2, 0) is 24.9 Å². The number of hydrogen-bond acceptors (Lipinski definition) is 5. The molecule has 1 aliphatic rings. The van der Waals surface area contributed by atoms with Gasteiger partial charge in [-0.1, -0.05) is 42.5 Å². The van der Waals surface area contributed by atoms with E-state index in [4.69, 9.17) is 9.72 Å². The van der Waals surface area contributed by atoms with Crippen LogP contribution in [0, 0.1) is 6.92 Å². The van der Waals surface area contributed by atoms with Crippen molar-refractivity contribution in [1.29, 1.82) is 0 Å². The minimum atomic E-state index is -0.373. The van der Waals surface area contributed by atoms with Crippen molar-refractivity contribution < 1.29 is 4.74 Å². The van der Waals surface area contributed by atoms with E-state index < -0.39 is 0 Å². The third kappa shape index (κ3) is 3.94. The van der Waals surface area contributed by atoms with Gasteiger partial charge in [-0.05, 0) is 12.5 Å². The minimum Gasteiger partial charge on any atom is -0.379 e. The minimum absolute atomic E-state index is 0.195. The standard InChI is InChI=1S/C24H28N6O3/c1-18-17-30-20-21(25-23(30)28(18)12-11-27-13-15-33-16-14-27)26(2)24(32)29(22(20)31)10-6-9-19-7-4-3-5-8-19/h3-9,17H,10-16H2,1-2H3. The van der Waals surface area contributed by atoms with Crippen molar-refractivity contribution in [2.75, 3.05) is 32.8 Å². The Morgan fingerprint density at radius 3 is 2.58 bits per heavy atom. The molecule has 0 atom stereocenters. The number of imidazole rings is 2. The number of allylic oxidation sites excluding steroid dienone is 1. The molecule has 33 heavy (non-hydrogen) atoms. The van der Waals surface area contributed by atoms with E-state index >= 15 is 0 Å². The molecule has 0 radical (unpaired) electrons. The number of fused-ring (bicyclic) bond motifs is 3. The highest BCUT2D eigenvalue weighted by molar-refractivity contribution is 5.75. The average molecular weight is 449 g/mol. The molecule has 4 aromatic rings. The molecule has 4 heterocycles. The molecule has 172 valence electrons. The first-order valence-electron chi connectivity index (χ1n) is 11.2. The summed E-state index contributed by atoms with van der Waals surface area (Å²) in [7, 11) is 1.67. The first-order chi connectivity index (χ1) is 16.0. The second-order valence-electron chi connectivity index (χ2n) is 8.40. The van der Waals surface area contributed by atoms with Crippen LogP contribution in [0.25, 0.3) is 23.0 Å². The summed E-state index contributed by atoms with van der Waals surface area (Å²) in [5.41, 5.74) is 2.17. The molecule has 1 saturated heterocycles. The lowest BCUT2D eigenvalue weighted by molar-refractivity contribution is 0.0364. The van der Waals surface area contributed by atoms with Gasteiger partial charge in [0.2, 0.25) is 5.78 Å². The van der Waals surface area contributed by atoms with Gasteiger partial charge in [0.05, 0.1) is 13.2 Å². The quantitative estimate of drug-likeness (QED) is 0.447. The van der Waals surface area contributed by atoms with Gasteiger partial charge in [0.25, 0.3) is 5.56 Å². The zero-order valence-corrected chi connectivity index (χ0v) is 19.0. The lowest BCUT2D eigenvalue weighted by Crippen LogP contribution is -2.39. The molecule has 9 nitrogen and oxygen atoms in total. The van der Waals surface area contributed by atoms with Gasteiger partial charge in [-0.25, -0.2) is 4.79 Å². The fraction of sp³-hybridized carbons (Fsp3) is 0.375. The Morgan fingerprint density at radius 2 is 1.82 bits per heavy atom. The van der Waals surface area contributed by atoms with Crippen molar-refractivity contribution >= 4 is 23.0 Å². The first-order valence-corrected chi connectivity index (χ1v) is 11.2. The van der Waals surface area contributed by atoms with Crippen molar-refractivity contribution in [3.63, 3.8) is 0 Å². The van der Waals surface area contributed by atoms with Crippen LogP contribution in [0.3, 0.4) is 0 Å². The smallest absolute Gasteiger partial charge is 0.332 e. The maximum absolute atomic E-state index is 13.4. The van der Waals surface area contributed by atoms with Crippen molar-refractivity contribution in [3.8, 4) is 0 Å². The monoisotopic (exact) mass is 448 g/mol. The van der Waals surface area contributed by atoms with E-state index in [1.54, 1.807) is 7.05 Å². The van der Waals surface area contributed by atoms with Gasteiger partial charge in [0.1, 0.15) is 0 Å². The number of ether oxygens (including phenoxy) is 1. The van der Waals surface area contributed by atoms with Crippen molar-refractivity contribution in [2.24, 2.45) is 7.05 Å². The predicted molar refractivity (Wildman–Crippen MR) is 128 cm³/mol. The van der Waals surface area contributed by atoms with Crippen LogP contribution in [-0.4, -0.2) is 60.8 Å². The molecule has 0 amide bonds. The van der Waals surface area contributed by atoms with Crippen LogP contribution >= 0.6 is 0 Å². The maximum atomic E-state index is 13.4. The average Bonchev–Trinajstić information content (AvgIpc) is 3.34. The number of nitrogens with zero attached hydrogens (tertiary/aromatic N) is 6. The Hall–Kier alpha value is -3.43. The third-order valence-corrected chi connectivity index (χ3v) is 6.28. The van der Waals surface area contributed by atoms with Crippen molar-refractivity contribution in [3.05, 3.63) is 74.7 Å². The highest BCUT2D eigenvalue weighted by atomic mass is 16.5. The molecule has 1 fully saturated rings. The first kappa shape index (κ1) is 21.4. The summed E-state index contributed by atoms with van der Waals surface area (Å²) >= 11 is 0. The van der Waals surface area contributed by atoms with E-state index in [2.05, 4.69) is 9.47 Å². The molecule has 1 aliphatic heterocycles. The number of aromatic nitrogens is 5. The van der Waals surface area contributed by atoms with E-state index in [9.17, 15) is 9.59 Å². The summed E-state index contributed by atoms with van der Waals surface area (Å²) in [6.45, 7) is 7.20. The SMILES string of the molecule is Cc1cn2c3c(=O)n(CC=Cc4ccccc4)c(=O)n(C)c3nc2n1CCN1CCOCC1. The maximum Gasteiger partial charge on any atom is 0.332 e. The van der Waals surface area contributed by atoms with Gasteiger partial charge in [-0.2, -0.15) is 4.98 Å². The predicted octanol–water partition coefficient (Wildman–Crippen LogP) is 1.50. The van der Waals surface area contributed by atoms with Crippen LogP contribution in [0.1, 0.15) is 11.3 Å². The molecule has 0 bridgehead atoms. The van der Waals surface area contributed by atoms with Crippen LogP contribution in [0.15, 0.2) is 52.2 Å². The highest BCUT2D eigenvalue weighted by Gasteiger charge is 2.20. The molecule has 0 saturated carbocycles. The Bertz CT molecular complexity index is 1430. The normalized spacial score (nSPS) is 15.3. The molecule has 0 N–H and O–H groups in total. The zero-order valence-electron chi connectivity index (χ0n) is 19.0. The van der Waals surface area contributed by atoms with E-state index in [0.717, 1.165) is 50.7 Å². The number of aryl methyl sites for hydroxylation is 2. The van der Waals surface area contributed by atoms with Crippen LogP contribution in [0.5, 0.6) is 0 Å². The van der Waals surface area contributed by atoms with E-state index in [1.165, 1.54) is 9.13 Å². The molecule has 0 aliphatic carbocycles. The summed E-state index contributed by atoms with van der Waals surface area (Å²) in [6.07, 6.45) is 5.68. The fourth-order valence-corrected chi connectivity index (χ4v) is 4.42. The number of benzene rings is 1. The lowest BCUT2D eigenvalue weighted by Gasteiger charge is -2.26. The second kappa shape index (κ2) is 8.84. The second-order valence-corrected chi connectivity index (χ2v) is 8.40. The van der Waals surface area contributed by atoms with Crippen molar-refractivity contribution in [1.82, 2.24) is 28.0 Å². The Labute approximate surface area is 190 Å². The topological polar surface area (TPSA) is 78.7 Å². The third-order valence-electron chi connectivity index (χ3n) is 6.28. The summed E-state index contributed by atoms with van der Waals surface area (Å²) in [6, 6.07) is 9.80. The number of hydrogen-bond donors (Lipinski definition) is 0. The molecule has 0 spiro atoms. The Balaban J connectivity index is 1.52. The van der Waals surface area contributed by atoms with Gasteiger partial charge < -0.3 is 9.30 Å². The lowest BCUT2D eigenvalue weighted by atomic mass is 10.2. The van der Waals surface area contributed by atoms with Crippen molar-refractivity contribution in [2.45, 2.75) is 20.0 Å². The largest absolute Gasteiger partial charge is 0.379 e. The molecule has 1 aromatic carbocycles. The number of morpholine rings is 1. The van der Waals surface area contributed by atoms with E-state index in [0.29, 0.717) is 16.9 Å². The molecule has 3 aromatic heterocycles. The van der Waals surface area contributed by atoms with Gasteiger partial charge in [-0.3, -0.25) is 23.2 Å². The summed E-state index contributed by atoms with van der Waals surface area (Å²) in [4.78, 5) is 33.4. The van der Waals surface area contributed by atoms with Gasteiger partial charge in [-0.15, -0.1) is 0 Å². The van der Waals surface area contributed by atoms with Gasteiger partial charge in [0.15, 0.2) is 11.2 Å². The van der Waals surface area contributed by atoms with E-state index in [1.807, 2.05) is 60.0 Å². The molecular weight excluding hydrogens is 420 g/mol. The summed E-state index contributed by atoms with van der Waals surface area (Å²) < 4.78 is 12.1. The Morgan fingerprint density at radius 1 is 1.06 bits per heavy atom. The molecule has 9 heteroatoms. The molecular formula is C24H28N6O3. The highest BCUT2D eigenvalue weighted by Crippen LogP contribution is 2.16.